The number of amides is 1. The van der Waals surface area contributed by atoms with E-state index in [1.54, 1.807) is 24.1 Å². The van der Waals surface area contributed by atoms with E-state index in [2.05, 4.69) is 18.2 Å². The average molecular weight is 399 g/mol. The third-order valence-electron chi connectivity index (χ3n) is 5.13. The third kappa shape index (κ3) is 4.18. The fourth-order valence-corrected chi connectivity index (χ4v) is 4.60. The van der Waals surface area contributed by atoms with Gasteiger partial charge < -0.3 is 4.90 Å². The predicted octanol–water partition coefficient (Wildman–Crippen LogP) is 3.65. The number of benzene rings is 2. The van der Waals surface area contributed by atoms with E-state index in [1.807, 2.05) is 32.0 Å². The van der Waals surface area contributed by atoms with Gasteiger partial charge >= 0.3 is 0 Å². The highest BCUT2D eigenvalue weighted by Crippen LogP contribution is 2.24. The van der Waals surface area contributed by atoms with Crippen molar-refractivity contribution in [1.29, 1.82) is 0 Å². The molecule has 1 aliphatic heterocycles. The Morgan fingerprint density at radius 3 is 2.39 bits per heavy atom. The average Bonchev–Trinajstić information content (AvgIpc) is 2.73. The summed E-state index contributed by atoms with van der Waals surface area (Å²) in [4.78, 5) is 14.8. The van der Waals surface area contributed by atoms with E-state index in [-0.39, 0.29) is 16.8 Å². The van der Waals surface area contributed by atoms with Crippen molar-refractivity contribution in [2.45, 2.75) is 31.2 Å². The van der Waals surface area contributed by atoms with Gasteiger partial charge in [0.25, 0.3) is 5.91 Å². The Balaban J connectivity index is 1.78. The van der Waals surface area contributed by atoms with Crippen LogP contribution in [0, 0.1) is 0 Å². The minimum atomic E-state index is -3.62. The highest BCUT2D eigenvalue weighted by atomic mass is 32.2. The lowest BCUT2D eigenvalue weighted by molar-refractivity contribution is 0.0772. The normalized spacial score (nSPS) is 15.0. The maximum atomic E-state index is 12.9. The van der Waals surface area contributed by atoms with Crippen LogP contribution in [0.1, 0.15) is 36.2 Å². The van der Waals surface area contributed by atoms with Crippen molar-refractivity contribution in [2.24, 2.45) is 0 Å². The van der Waals surface area contributed by atoms with Crippen LogP contribution in [0.4, 0.5) is 0 Å². The summed E-state index contributed by atoms with van der Waals surface area (Å²) < 4.78 is 26.7. The van der Waals surface area contributed by atoms with Crippen LogP contribution in [0.2, 0.25) is 0 Å². The van der Waals surface area contributed by atoms with Crippen LogP contribution >= 0.6 is 0 Å². The molecule has 148 valence electrons. The van der Waals surface area contributed by atoms with Crippen LogP contribution in [0.5, 0.6) is 0 Å². The molecule has 1 heterocycles. The summed E-state index contributed by atoms with van der Waals surface area (Å²) in [5.74, 6) is -0.146. The summed E-state index contributed by atoms with van der Waals surface area (Å²) in [7, 11) is -2.07. The van der Waals surface area contributed by atoms with Gasteiger partial charge in [0.2, 0.25) is 10.0 Å². The first-order valence-corrected chi connectivity index (χ1v) is 10.9. The van der Waals surface area contributed by atoms with Gasteiger partial charge in [-0.15, -0.1) is 0 Å². The highest BCUT2D eigenvalue weighted by molar-refractivity contribution is 7.89. The molecule has 6 heteroatoms. The van der Waals surface area contributed by atoms with Crippen LogP contribution in [-0.4, -0.2) is 49.7 Å². The van der Waals surface area contributed by atoms with Gasteiger partial charge in [-0.25, -0.2) is 8.42 Å². The molecule has 0 aromatic heterocycles. The Morgan fingerprint density at radius 1 is 1.07 bits per heavy atom. The van der Waals surface area contributed by atoms with E-state index >= 15 is 0 Å². The van der Waals surface area contributed by atoms with Gasteiger partial charge in [-0.3, -0.25) is 4.79 Å². The molecule has 0 fully saturated rings. The van der Waals surface area contributed by atoms with Crippen LogP contribution in [0.3, 0.4) is 0 Å². The molecule has 0 atom stereocenters. The zero-order valence-corrected chi connectivity index (χ0v) is 17.3. The van der Waals surface area contributed by atoms with Crippen molar-refractivity contribution in [3.63, 3.8) is 0 Å². The first-order valence-electron chi connectivity index (χ1n) is 9.42. The number of rotatable bonds is 5. The van der Waals surface area contributed by atoms with E-state index in [1.165, 1.54) is 27.6 Å². The van der Waals surface area contributed by atoms with Gasteiger partial charge in [0, 0.05) is 31.7 Å². The number of hydrogen-bond acceptors (Lipinski definition) is 3. The largest absolute Gasteiger partial charge is 0.335 e. The minimum absolute atomic E-state index is 0.145. The fourth-order valence-electron chi connectivity index (χ4n) is 3.18. The summed E-state index contributed by atoms with van der Waals surface area (Å²) in [6.07, 6.45) is 2.85. The van der Waals surface area contributed by atoms with E-state index in [0.717, 1.165) is 6.42 Å². The molecule has 2 aromatic carbocycles. The van der Waals surface area contributed by atoms with E-state index < -0.39 is 10.0 Å². The molecular formula is C22H26N2O3S. The maximum Gasteiger partial charge on any atom is 0.254 e. The second-order valence-electron chi connectivity index (χ2n) is 7.24. The summed E-state index contributed by atoms with van der Waals surface area (Å²) in [6.45, 7) is 4.77. The smallest absolute Gasteiger partial charge is 0.254 e. The monoisotopic (exact) mass is 398 g/mol. The molecule has 1 amide bonds. The molecule has 0 spiro atoms. The summed E-state index contributed by atoms with van der Waals surface area (Å²) in [6, 6.07) is 16.3. The number of carbonyl (C=O) groups is 1. The van der Waals surface area contributed by atoms with E-state index in [4.69, 9.17) is 0 Å². The number of carbonyl (C=O) groups excluding carboxylic acids is 1. The lowest BCUT2D eigenvalue weighted by atomic mass is 9.99. The van der Waals surface area contributed by atoms with Crippen LogP contribution in [-0.2, 0) is 10.0 Å². The highest BCUT2D eigenvalue weighted by Gasteiger charge is 2.25. The molecule has 0 radical (unpaired) electrons. The number of sulfonamides is 1. The lowest BCUT2D eigenvalue weighted by Crippen LogP contribution is -2.35. The topological polar surface area (TPSA) is 57.7 Å². The second kappa shape index (κ2) is 8.29. The molecule has 3 rings (SSSR count). The Kier molecular flexibility index (Phi) is 6.01. The SMILES string of the molecule is CC(C)N(C)S(=O)(=O)c1cccc(C(=O)N2CC=C(c3ccccc3)CC2)c1. The summed E-state index contributed by atoms with van der Waals surface area (Å²) in [5.41, 5.74) is 2.81. The van der Waals surface area contributed by atoms with Crippen LogP contribution in [0.25, 0.3) is 5.57 Å². The van der Waals surface area contributed by atoms with Crippen molar-refractivity contribution in [1.82, 2.24) is 9.21 Å². The molecular weight excluding hydrogens is 372 g/mol. The van der Waals surface area contributed by atoms with Crippen molar-refractivity contribution >= 4 is 21.5 Å². The number of nitrogens with zero attached hydrogens (tertiary/aromatic N) is 2. The predicted molar refractivity (Wildman–Crippen MR) is 111 cm³/mol. The van der Waals surface area contributed by atoms with Gasteiger partial charge in [-0.05, 0) is 49.6 Å². The van der Waals surface area contributed by atoms with Crippen molar-refractivity contribution in [3.8, 4) is 0 Å². The van der Waals surface area contributed by atoms with E-state index in [9.17, 15) is 13.2 Å². The zero-order valence-electron chi connectivity index (χ0n) is 16.5. The van der Waals surface area contributed by atoms with Gasteiger partial charge in [0.05, 0.1) is 4.90 Å². The first kappa shape index (κ1) is 20.3. The van der Waals surface area contributed by atoms with Crippen molar-refractivity contribution < 1.29 is 13.2 Å². The number of hydrogen-bond donors (Lipinski definition) is 0. The van der Waals surface area contributed by atoms with Crippen LogP contribution in [0.15, 0.2) is 65.6 Å². The Labute approximate surface area is 167 Å². The van der Waals surface area contributed by atoms with E-state index in [0.29, 0.717) is 18.7 Å². The quantitative estimate of drug-likeness (QED) is 0.773. The molecule has 0 bridgehead atoms. The zero-order chi connectivity index (χ0) is 20.3. The van der Waals surface area contributed by atoms with Gasteiger partial charge in [-0.1, -0.05) is 42.5 Å². The molecule has 0 N–H and O–H groups in total. The lowest BCUT2D eigenvalue weighted by Gasteiger charge is -2.27. The Hall–Kier alpha value is -2.44. The van der Waals surface area contributed by atoms with Crippen molar-refractivity contribution in [2.75, 3.05) is 20.1 Å². The van der Waals surface area contributed by atoms with Gasteiger partial charge in [0.1, 0.15) is 0 Å². The summed E-state index contributed by atoms with van der Waals surface area (Å²) >= 11 is 0. The Bertz CT molecular complexity index is 982. The van der Waals surface area contributed by atoms with Gasteiger partial charge in [0.15, 0.2) is 0 Å². The molecule has 5 nitrogen and oxygen atoms in total. The van der Waals surface area contributed by atoms with Crippen LogP contribution < -0.4 is 0 Å². The fraction of sp³-hybridized carbons (Fsp3) is 0.318. The molecule has 0 aliphatic carbocycles. The molecule has 1 aliphatic rings. The molecule has 28 heavy (non-hydrogen) atoms. The van der Waals surface area contributed by atoms with Gasteiger partial charge in [-0.2, -0.15) is 4.31 Å². The molecule has 0 saturated carbocycles. The minimum Gasteiger partial charge on any atom is -0.335 e. The molecule has 0 saturated heterocycles. The standard InChI is InChI=1S/C22H26N2O3S/c1-17(2)23(3)28(26,27)21-11-7-10-20(16-21)22(25)24-14-12-19(13-15-24)18-8-5-4-6-9-18/h4-12,16-17H,13-15H2,1-3H3. The Morgan fingerprint density at radius 2 is 1.79 bits per heavy atom. The third-order valence-corrected chi connectivity index (χ3v) is 7.16. The molecule has 0 unspecified atom stereocenters. The summed E-state index contributed by atoms with van der Waals surface area (Å²) in [5, 5.41) is 0. The molecule has 2 aromatic rings. The van der Waals surface area contributed by atoms with Crippen molar-refractivity contribution in [3.05, 3.63) is 71.8 Å². The first-order chi connectivity index (χ1) is 13.3. The second-order valence-corrected chi connectivity index (χ2v) is 9.24. The maximum absolute atomic E-state index is 12.9.